The number of rotatable bonds is 1. The van der Waals surface area contributed by atoms with Crippen LogP contribution in [0.1, 0.15) is 22.3 Å². The summed E-state index contributed by atoms with van der Waals surface area (Å²) in [6.45, 7) is 8.10. The Balaban J connectivity index is 2.97. The molecule has 0 bridgehead atoms. The predicted molar refractivity (Wildman–Crippen MR) is 69.5 cm³/mol. The average molecular weight is 231 g/mol. The third-order valence-electron chi connectivity index (χ3n) is 3.43. The van der Waals surface area contributed by atoms with Crippen LogP contribution in [0.15, 0.2) is 0 Å². The van der Waals surface area contributed by atoms with E-state index in [2.05, 4.69) is 23.8 Å². The van der Waals surface area contributed by atoms with E-state index >= 15 is 0 Å². The number of fused-ring (bicyclic) bond motifs is 1. The molecule has 0 aliphatic heterocycles. The highest BCUT2D eigenvalue weighted by atomic mass is 16.5. The van der Waals surface area contributed by atoms with E-state index in [1.165, 1.54) is 0 Å². The normalized spacial score (nSPS) is 10.9. The van der Waals surface area contributed by atoms with E-state index in [1.54, 1.807) is 7.11 Å². The van der Waals surface area contributed by atoms with Gasteiger partial charge in [-0.25, -0.2) is 4.98 Å². The van der Waals surface area contributed by atoms with Gasteiger partial charge in [0.15, 0.2) is 5.65 Å². The van der Waals surface area contributed by atoms with Crippen LogP contribution in [0.2, 0.25) is 0 Å². The van der Waals surface area contributed by atoms with Crippen LogP contribution < -0.4 is 10.5 Å². The number of methoxy groups -OCH3 is 1. The SMILES string of the molecule is COc1nc2nc(N)c(C)c(C)c2c(C)c1C. The Hall–Kier alpha value is -1.84. The van der Waals surface area contributed by atoms with Gasteiger partial charge in [-0.2, -0.15) is 4.98 Å². The molecule has 0 saturated carbocycles. The van der Waals surface area contributed by atoms with Crippen molar-refractivity contribution in [2.75, 3.05) is 12.8 Å². The molecular formula is C13H17N3O. The fraction of sp³-hybridized carbons (Fsp3) is 0.385. The molecule has 0 fully saturated rings. The molecule has 0 aliphatic carbocycles. The van der Waals surface area contributed by atoms with Crippen LogP contribution in [0.5, 0.6) is 5.88 Å². The molecule has 2 aromatic heterocycles. The van der Waals surface area contributed by atoms with Crippen LogP contribution in [-0.2, 0) is 0 Å². The molecule has 2 rings (SSSR count). The fourth-order valence-corrected chi connectivity index (χ4v) is 2.06. The molecule has 0 aliphatic rings. The van der Waals surface area contributed by atoms with E-state index in [0.717, 1.165) is 27.6 Å². The average Bonchev–Trinajstić information content (AvgIpc) is 2.30. The van der Waals surface area contributed by atoms with Gasteiger partial charge in [-0.05, 0) is 44.4 Å². The van der Waals surface area contributed by atoms with Crippen LogP contribution in [0.25, 0.3) is 11.0 Å². The van der Waals surface area contributed by atoms with Gasteiger partial charge in [0.25, 0.3) is 0 Å². The van der Waals surface area contributed by atoms with Crippen molar-refractivity contribution in [3.8, 4) is 5.88 Å². The van der Waals surface area contributed by atoms with Crippen LogP contribution in [0.3, 0.4) is 0 Å². The van der Waals surface area contributed by atoms with Gasteiger partial charge in [-0.1, -0.05) is 0 Å². The van der Waals surface area contributed by atoms with Crippen LogP contribution in [0.4, 0.5) is 5.82 Å². The Bertz CT molecular complexity index is 606. The van der Waals surface area contributed by atoms with Gasteiger partial charge in [0.1, 0.15) is 5.82 Å². The molecule has 0 spiro atoms. The molecule has 4 nitrogen and oxygen atoms in total. The summed E-state index contributed by atoms with van der Waals surface area (Å²) < 4.78 is 5.25. The maximum atomic E-state index is 5.87. The van der Waals surface area contributed by atoms with Crippen molar-refractivity contribution in [2.45, 2.75) is 27.7 Å². The predicted octanol–water partition coefficient (Wildman–Crippen LogP) is 2.45. The van der Waals surface area contributed by atoms with Crippen molar-refractivity contribution in [2.24, 2.45) is 0 Å². The first kappa shape index (κ1) is 11.6. The topological polar surface area (TPSA) is 61.0 Å². The number of aromatic nitrogens is 2. The number of nitrogen functional groups attached to an aromatic ring is 1. The lowest BCUT2D eigenvalue weighted by atomic mass is 10.0. The standard InChI is InChI=1S/C13H17N3O/c1-6-8(3)11(14)15-12-10(6)7(2)9(4)13(16-12)17-5/h1-5H3,(H2,14,15,16). The smallest absolute Gasteiger partial charge is 0.218 e. The number of nitrogens with two attached hydrogens (primary N) is 1. The number of hydrogen-bond acceptors (Lipinski definition) is 4. The monoisotopic (exact) mass is 231 g/mol. The zero-order chi connectivity index (χ0) is 12.7. The van der Waals surface area contributed by atoms with Crippen molar-refractivity contribution in [1.29, 1.82) is 0 Å². The van der Waals surface area contributed by atoms with E-state index in [4.69, 9.17) is 10.5 Å². The maximum Gasteiger partial charge on any atom is 0.218 e. The molecule has 0 unspecified atom stereocenters. The van der Waals surface area contributed by atoms with Gasteiger partial charge in [0.2, 0.25) is 5.88 Å². The number of hydrogen-bond donors (Lipinski definition) is 1. The number of pyridine rings is 2. The van der Waals surface area contributed by atoms with Gasteiger partial charge in [0.05, 0.1) is 7.11 Å². The van der Waals surface area contributed by atoms with Gasteiger partial charge >= 0.3 is 0 Å². The summed E-state index contributed by atoms with van der Waals surface area (Å²) in [5, 5.41) is 1.08. The molecule has 17 heavy (non-hydrogen) atoms. The Morgan fingerprint density at radius 3 is 2.06 bits per heavy atom. The van der Waals surface area contributed by atoms with Crippen molar-refractivity contribution >= 4 is 16.9 Å². The summed E-state index contributed by atoms with van der Waals surface area (Å²) in [5.41, 5.74) is 10.9. The van der Waals surface area contributed by atoms with Crippen molar-refractivity contribution < 1.29 is 4.74 Å². The highest BCUT2D eigenvalue weighted by molar-refractivity contribution is 5.87. The number of ether oxygens (including phenoxy) is 1. The highest BCUT2D eigenvalue weighted by Gasteiger charge is 2.14. The molecule has 0 saturated heterocycles. The third kappa shape index (κ3) is 1.60. The lowest BCUT2D eigenvalue weighted by Crippen LogP contribution is -2.03. The first-order valence-electron chi connectivity index (χ1n) is 5.55. The van der Waals surface area contributed by atoms with E-state index in [1.807, 2.05) is 13.8 Å². The Kier molecular flexibility index (Phi) is 2.65. The number of anilines is 1. The molecule has 0 amide bonds. The molecule has 2 aromatic rings. The zero-order valence-corrected chi connectivity index (χ0v) is 10.9. The maximum absolute atomic E-state index is 5.87. The van der Waals surface area contributed by atoms with Crippen LogP contribution in [0, 0.1) is 27.7 Å². The second-order valence-electron chi connectivity index (χ2n) is 4.32. The van der Waals surface area contributed by atoms with E-state index in [-0.39, 0.29) is 0 Å². The Labute approximate surface area is 101 Å². The molecule has 4 heteroatoms. The molecule has 0 aromatic carbocycles. The first-order valence-corrected chi connectivity index (χ1v) is 5.55. The minimum Gasteiger partial charge on any atom is -0.481 e. The third-order valence-corrected chi connectivity index (χ3v) is 3.43. The van der Waals surface area contributed by atoms with E-state index in [0.29, 0.717) is 17.3 Å². The van der Waals surface area contributed by atoms with Crippen molar-refractivity contribution in [3.63, 3.8) is 0 Å². The zero-order valence-electron chi connectivity index (χ0n) is 10.9. The lowest BCUT2D eigenvalue weighted by molar-refractivity contribution is 0.395. The van der Waals surface area contributed by atoms with Gasteiger partial charge < -0.3 is 10.5 Å². The largest absolute Gasteiger partial charge is 0.481 e. The Morgan fingerprint density at radius 2 is 1.47 bits per heavy atom. The second kappa shape index (κ2) is 3.87. The lowest BCUT2D eigenvalue weighted by Gasteiger charge is -2.14. The number of nitrogens with zero attached hydrogens (tertiary/aromatic N) is 2. The van der Waals surface area contributed by atoms with Gasteiger partial charge in [0, 0.05) is 10.9 Å². The summed E-state index contributed by atoms with van der Waals surface area (Å²) in [7, 11) is 1.62. The Morgan fingerprint density at radius 1 is 0.882 bits per heavy atom. The van der Waals surface area contributed by atoms with Gasteiger partial charge in [-0.15, -0.1) is 0 Å². The highest BCUT2D eigenvalue weighted by Crippen LogP contribution is 2.30. The summed E-state index contributed by atoms with van der Waals surface area (Å²) in [4.78, 5) is 8.74. The first-order chi connectivity index (χ1) is 7.97. The fourth-order valence-electron chi connectivity index (χ4n) is 2.06. The van der Waals surface area contributed by atoms with Crippen LogP contribution >= 0.6 is 0 Å². The minimum atomic E-state index is 0.535. The second-order valence-corrected chi connectivity index (χ2v) is 4.32. The molecule has 2 N–H and O–H groups in total. The molecule has 90 valence electrons. The quantitative estimate of drug-likeness (QED) is 0.819. The van der Waals surface area contributed by atoms with E-state index < -0.39 is 0 Å². The molecule has 2 heterocycles. The van der Waals surface area contributed by atoms with E-state index in [9.17, 15) is 0 Å². The summed E-state index contributed by atoms with van der Waals surface area (Å²) in [5.74, 6) is 1.15. The van der Waals surface area contributed by atoms with Gasteiger partial charge in [-0.3, -0.25) is 0 Å². The summed E-state index contributed by atoms with van der Waals surface area (Å²) in [6, 6.07) is 0. The molecule has 0 atom stereocenters. The van der Waals surface area contributed by atoms with Crippen molar-refractivity contribution in [1.82, 2.24) is 9.97 Å². The summed E-state index contributed by atoms with van der Waals surface area (Å²) in [6.07, 6.45) is 0. The molecular weight excluding hydrogens is 214 g/mol. The summed E-state index contributed by atoms with van der Waals surface area (Å²) >= 11 is 0. The van der Waals surface area contributed by atoms with Crippen LogP contribution in [-0.4, -0.2) is 17.1 Å². The van der Waals surface area contributed by atoms with Crippen molar-refractivity contribution in [3.05, 3.63) is 22.3 Å². The minimum absolute atomic E-state index is 0.535. The number of aryl methyl sites for hydroxylation is 2. The molecule has 0 radical (unpaired) electrons.